The Morgan fingerprint density at radius 3 is 1.69 bits per heavy atom. The molecule has 5 atom stereocenters. The van der Waals surface area contributed by atoms with E-state index in [2.05, 4.69) is 55.1 Å². The predicted octanol–water partition coefficient (Wildman–Crippen LogP) is 5.27. The van der Waals surface area contributed by atoms with E-state index in [1.54, 1.807) is 0 Å². The van der Waals surface area contributed by atoms with Crippen LogP contribution in [0.25, 0.3) is 0 Å². The van der Waals surface area contributed by atoms with Crippen LogP contribution < -0.4 is 10.6 Å². The van der Waals surface area contributed by atoms with E-state index in [4.69, 9.17) is 9.47 Å². The normalized spacial score (nSPS) is 31.5. The SMILES string of the molecule is CC(CCNC(=O)OC1C2CCC#CCCC21)CC(C)(C)CNC(=O)OC1C2CCC#CCCC21. The Morgan fingerprint density at radius 2 is 1.23 bits per heavy atom. The van der Waals surface area contributed by atoms with Gasteiger partial charge in [-0.3, -0.25) is 0 Å². The molecule has 35 heavy (non-hydrogen) atoms. The number of hydrogen-bond donors (Lipinski definition) is 2. The van der Waals surface area contributed by atoms with E-state index in [-0.39, 0.29) is 29.8 Å². The molecule has 2 amide bonds. The molecule has 4 rings (SSSR count). The maximum atomic E-state index is 12.4. The zero-order valence-corrected chi connectivity index (χ0v) is 21.7. The van der Waals surface area contributed by atoms with Gasteiger partial charge >= 0.3 is 12.2 Å². The lowest BCUT2D eigenvalue weighted by Crippen LogP contribution is -2.36. The Hall–Kier alpha value is -2.34. The molecule has 2 N–H and O–H groups in total. The third-order valence-electron chi connectivity index (χ3n) is 8.17. The summed E-state index contributed by atoms with van der Waals surface area (Å²) in [7, 11) is 0. The molecule has 6 nitrogen and oxygen atoms in total. The molecule has 0 bridgehead atoms. The zero-order chi connectivity index (χ0) is 24.8. The number of hydrogen-bond acceptors (Lipinski definition) is 4. The molecule has 0 saturated heterocycles. The van der Waals surface area contributed by atoms with Gasteiger partial charge in [-0.25, -0.2) is 9.59 Å². The lowest BCUT2D eigenvalue weighted by atomic mass is 9.82. The van der Waals surface area contributed by atoms with E-state index in [0.29, 0.717) is 42.7 Å². The van der Waals surface area contributed by atoms with Crippen molar-refractivity contribution in [1.82, 2.24) is 10.6 Å². The van der Waals surface area contributed by atoms with Crippen LogP contribution in [-0.2, 0) is 9.47 Å². The van der Waals surface area contributed by atoms with Crippen molar-refractivity contribution in [2.45, 2.75) is 97.2 Å². The summed E-state index contributed by atoms with van der Waals surface area (Å²) in [5.41, 5.74) is -0.0547. The van der Waals surface area contributed by atoms with E-state index < -0.39 is 0 Å². The van der Waals surface area contributed by atoms with Gasteiger partial charge in [0.15, 0.2) is 0 Å². The third-order valence-corrected chi connectivity index (χ3v) is 8.17. The quantitative estimate of drug-likeness (QED) is 0.439. The average molecular weight is 483 g/mol. The van der Waals surface area contributed by atoms with E-state index in [9.17, 15) is 9.59 Å². The number of carbonyl (C=O) groups is 2. The summed E-state index contributed by atoms with van der Waals surface area (Å²) in [5.74, 6) is 15.1. The van der Waals surface area contributed by atoms with E-state index in [0.717, 1.165) is 64.2 Å². The standard InChI is InChI=1S/C29H42N2O4/c1-20(16-17-30-27(32)34-25-21-12-8-4-5-9-13-22(21)25)18-29(2,3)19-31-28(33)35-26-23-14-10-6-7-11-15-24(23)26/h20-26H,8-19H2,1-3H3,(H,30,32)(H,31,33). The van der Waals surface area contributed by atoms with Crippen LogP contribution in [0, 0.1) is 58.7 Å². The van der Waals surface area contributed by atoms with Gasteiger partial charge in [0.05, 0.1) is 0 Å². The first-order valence-corrected chi connectivity index (χ1v) is 13.6. The Kier molecular flexibility index (Phi) is 8.53. The predicted molar refractivity (Wildman–Crippen MR) is 135 cm³/mol. The second kappa shape index (κ2) is 11.6. The molecule has 4 aliphatic carbocycles. The van der Waals surface area contributed by atoms with Crippen LogP contribution in [0.3, 0.4) is 0 Å². The maximum Gasteiger partial charge on any atom is 0.407 e. The van der Waals surface area contributed by atoms with E-state index in [1.165, 1.54) is 0 Å². The van der Waals surface area contributed by atoms with Crippen LogP contribution in [0.4, 0.5) is 9.59 Å². The summed E-state index contributed by atoms with van der Waals surface area (Å²) < 4.78 is 11.4. The molecule has 2 fully saturated rings. The Balaban J connectivity index is 1.07. The molecule has 0 aromatic rings. The molecular weight excluding hydrogens is 440 g/mol. The Bertz CT molecular complexity index is 856. The van der Waals surface area contributed by atoms with Gasteiger partial charge in [0.1, 0.15) is 12.2 Å². The van der Waals surface area contributed by atoms with Crippen molar-refractivity contribution in [3.8, 4) is 23.7 Å². The van der Waals surface area contributed by atoms with Crippen LogP contribution in [0.5, 0.6) is 0 Å². The number of ether oxygens (including phenoxy) is 2. The van der Waals surface area contributed by atoms with Crippen molar-refractivity contribution in [2.24, 2.45) is 35.0 Å². The van der Waals surface area contributed by atoms with Gasteiger partial charge in [0.2, 0.25) is 0 Å². The molecule has 4 aliphatic rings. The fourth-order valence-electron chi connectivity index (χ4n) is 6.17. The average Bonchev–Trinajstić information content (AvgIpc) is 3.60. The highest BCUT2D eigenvalue weighted by Crippen LogP contribution is 2.49. The number of rotatable bonds is 9. The first-order valence-electron chi connectivity index (χ1n) is 13.6. The number of alkyl carbamates (subject to hydrolysis) is 2. The van der Waals surface area contributed by atoms with Crippen molar-refractivity contribution in [3.05, 3.63) is 0 Å². The fourth-order valence-corrected chi connectivity index (χ4v) is 6.17. The Labute approximate surface area is 211 Å². The van der Waals surface area contributed by atoms with Crippen molar-refractivity contribution in [2.75, 3.05) is 13.1 Å². The van der Waals surface area contributed by atoms with Gasteiger partial charge in [-0.05, 0) is 49.9 Å². The van der Waals surface area contributed by atoms with E-state index in [1.807, 2.05) is 0 Å². The molecule has 0 aromatic carbocycles. The van der Waals surface area contributed by atoms with Crippen LogP contribution >= 0.6 is 0 Å². The number of nitrogens with one attached hydrogen (secondary N) is 2. The highest BCUT2D eigenvalue weighted by atomic mass is 16.6. The molecule has 0 aromatic heterocycles. The smallest absolute Gasteiger partial charge is 0.407 e. The molecule has 0 heterocycles. The summed E-state index contributed by atoms with van der Waals surface area (Å²) in [6.07, 6.45) is 9.18. The molecule has 2 saturated carbocycles. The van der Waals surface area contributed by atoms with Gasteiger partial charge in [0, 0.05) is 62.4 Å². The fraction of sp³-hybridized carbons (Fsp3) is 0.793. The number of carbonyl (C=O) groups excluding carboxylic acids is 2. The largest absolute Gasteiger partial charge is 0.446 e. The van der Waals surface area contributed by atoms with Crippen molar-refractivity contribution in [3.63, 3.8) is 0 Å². The molecular formula is C29H42N2O4. The van der Waals surface area contributed by atoms with Gasteiger partial charge in [-0.1, -0.05) is 20.8 Å². The first kappa shape index (κ1) is 25.7. The van der Waals surface area contributed by atoms with Crippen LogP contribution in [0.2, 0.25) is 0 Å². The number of fused-ring (bicyclic) bond motifs is 2. The first-order chi connectivity index (χ1) is 16.8. The van der Waals surface area contributed by atoms with Crippen molar-refractivity contribution < 1.29 is 19.1 Å². The highest BCUT2D eigenvalue weighted by Gasteiger charge is 2.53. The lowest BCUT2D eigenvalue weighted by Gasteiger charge is -2.28. The number of amides is 2. The summed E-state index contributed by atoms with van der Waals surface area (Å²) in [6.45, 7) is 7.70. The van der Waals surface area contributed by atoms with Crippen molar-refractivity contribution >= 4 is 12.2 Å². The summed E-state index contributed by atoms with van der Waals surface area (Å²) >= 11 is 0. The van der Waals surface area contributed by atoms with Gasteiger partial charge in [0.25, 0.3) is 0 Å². The summed E-state index contributed by atoms with van der Waals surface area (Å²) in [5, 5.41) is 5.92. The lowest BCUT2D eigenvalue weighted by molar-refractivity contribution is 0.121. The van der Waals surface area contributed by atoms with Crippen LogP contribution in [0.1, 0.15) is 85.0 Å². The topological polar surface area (TPSA) is 76.7 Å². The molecule has 192 valence electrons. The van der Waals surface area contributed by atoms with Crippen molar-refractivity contribution in [1.29, 1.82) is 0 Å². The molecule has 0 radical (unpaired) electrons. The van der Waals surface area contributed by atoms with Gasteiger partial charge < -0.3 is 20.1 Å². The van der Waals surface area contributed by atoms with E-state index >= 15 is 0 Å². The van der Waals surface area contributed by atoms with Crippen LogP contribution in [-0.4, -0.2) is 37.5 Å². The minimum atomic E-state index is -0.300. The Morgan fingerprint density at radius 1 is 0.800 bits per heavy atom. The minimum absolute atomic E-state index is 0.0547. The highest BCUT2D eigenvalue weighted by molar-refractivity contribution is 5.68. The molecule has 5 unspecified atom stereocenters. The molecule has 0 aliphatic heterocycles. The third kappa shape index (κ3) is 7.57. The van der Waals surface area contributed by atoms with Gasteiger partial charge in [-0.2, -0.15) is 0 Å². The minimum Gasteiger partial charge on any atom is -0.446 e. The van der Waals surface area contributed by atoms with Crippen LogP contribution in [0.15, 0.2) is 0 Å². The zero-order valence-electron chi connectivity index (χ0n) is 21.7. The second-order valence-corrected chi connectivity index (χ2v) is 11.8. The summed E-state index contributed by atoms with van der Waals surface area (Å²) in [6, 6.07) is 0. The maximum absolute atomic E-state index is 12.4. The second-order valence-electron chi connectivity index (χ2n) is 11.8. The van der Waals surface area contributed by atoms with Gasteiger partial charge in [-0.15, -0.1) is 23.7 Å². The molecule has 0 spiro atoms. The summed E-state index contributed by atoms with van der Waals surface area (Å²) in [4.78, 5) is 24.6. The monoisotopic (exact) mass is 482 g/mol. The molecule has 6 heteroatoms.